The molecule has 0 amide bonds. The molecule has 0 N–H and O–H groups in total. The molecule has 1 fully saturated rings. The second-order valence-corrected chi connectivity index (χ2v) is 6.96. The van der Waals surface area contributed by atoms with E-state index in [0.717, 1.165) is 24.8 Å². The van der Waals surface area contributed by atoms with Crippen LogP contribution < -0.4 is 0 Å². The van der Waals surface area contributed by atoms with Crippen LogP contribution in [0, 0.1) is 11.3 Å². The highest BCUT2D eigenvalue weighted by Crippen LogP contribution is 2.51. The molecule has 0 aromatic heterocycles. The topological polar surface area (TPSA) is 52.6 Å². The van der Waals surface area contributed by atoms with Gasteiger partial charge in [0, 0.05) is 0 Å². The van der Waals surface area contributed by atoms with E-state index in [1.807, 2.05) is 0 Å². The summed E-state index contributed by atoms with van der Waals surface area (Å²) in [6.45, 7) is 4.01. The minimum absolute atomic E-state index is 0.0994. The van der Waals surface area contributed by atoms with Crippen molar-refractivity contribution in [3.8, 4) is 0 Å². The maximum absolute atomic E-state index is 12.5. The summed E-state index contributed by atoms with van der Waals surface area (Å²) in [5, 5.41) is 0. The molecule has 0 spiro atoms. The summed E-state index contributed by atoms with van der Waals surface area (Å²) in [6.07, 6.45) is 3.84. The van der Waals surface area contributed by atoms with Gasteiger partial charge in [0.15, 0.2) is 5.41 Å². The van der Waals surface area contributed by atoms with Crippen LogP contribution in [0.15, 0.2) is 36.4 Å². The van der Waals surface area contributed by atoms with Gasteiger partial charge >= 0.3 is 11.9 Å². The summed E-state index contributed by atoms with van der Waals surface area (Å²) in [4.78, 5) is 24.9. The van der Waals surface area contributed by atoms with E-state index in [-0.39, 0.29) is 5.92 Å². The molecule has 0 heterocycles. The van der Waals surface area contributed by atoms with Gasteiger partial charge in [0.1, 0.15) is 0 Å². The zero-order valence-corrected chi connectivity index (χ0v) is 14.3. The standard InChI is InChI=1S/C20H24O4/c1-13-10-16(20(12-13,18(21)23-2)19(22)24-3)9-8-15-11-14-6-4-5-7-17(14)15/h4-7,15-16H,1,8-12H2,2-3H3/t15?,16-/m0/s1. The summed E-state index contributed by atoms with van der Waals surface area (Å²) < 4.78 is 9.92. The van der Waals surface area contributed by atoms with Gasteiger partial charge in [-0.2, -0.15) is 0 Å². The van der Waals surface area contributed by atoms with Crippen molar-refractivity contribution in [3.63, 3.8) is 0 Å². The van der Waals surface area contributed by atoms with Gasteiger partial charge in [0.2, 0.25) is 0 Å². The lowest BCUT2D eigenvalue weighted by Crippen LogP contribution is -2.44. The summed E-state index contributed by atoms with van der Waals surface area (Å²) in [7, 11) is 2.65. The quantitative estimate of drug-likeness (QED) is 0.472. The monoisotopic (exact) mass is 328 g/mol. The molecule has 0 saturated heterocycles. The molecule has 0 radical (unpaired) electrons. The van der Waals surface area contributed by atoms with Crippen LogP contribution in [0.4, 0.5) is 0 Å². The number of allylic oxidation sites excluding steroid dienone is 1. The first-order chi connectivity index (χ1) is 11.5. The Balaban J connectivity index is 1.76. The molecule has 4 heteroatoms. The van der Waals surface area contributed by atoms with Crippen LogP contribution in [-0.2, 0) is 25.5 Å². The summed E-state index contributed by atoms with van der Waals surface area (Å²) in [5.41, 5.74) is 2.51. The largest absolute Gasteiger partial charge is 0.468 e. The average Bonchev–Trinajstić information content (AvgIpc) is 2.91. The van der Waals surface area contributed by atoms with Crippen LogP contribution in [0.5, 0.6) is 0 Å². The van der Waals surface area contributed by atoms with Crippen LogP contribution in [0.25, 0.3) is 0 Å². The molecule has 1 aromatic rings. The van der Waals surface area contributed by atoms with E-state index in [9.17, 15) is 9.59 Å². The number of fused-ring (bicyclic) bond motifs is 1. The minimum atomic E-state index is -1.22. The SMILES string of the molecule is C=C1C[C@H](CCC2Cc3ccccc32)C(C(=O)OC)(C(=O)OC)C1. The number of carbonyl (C=O) groups is 2. The van der Waals surface area contributed by atoms with Crippen molar-refractivity contribution in [2.45, 2.75) is 38.0 Å². The Hall–Kier alpha value is -2.10. The Morgan fingerprint density at radius 1 is 1.12 bits per heavy atom. The van der Waals surface area contributed by atoms with Crippen molar-refractivity contribution in [1.29, 1.82) is 0 Å². The Morgan fingerprint density at radius 2 is 1.79 bits per heavy atom. The van der Waals surface area contributed by atoms with Gasteiger partial charge in [-0.3, -0.25) is 9.59 Å². The third-order valence-electron chi connectivity index (χ3n) is 5.68. The summed E-state index contributed by atoms with van der Waals surface area (Å²) in [6, 6.07) is 8.46. The molecule has 3 rings (SSSR count). The Bertz CT molecular complexity index is 660. The molecular weight excluding hydrogens is 304 g/mol. The highest BCUT2D eigenvalue weighted by molar-refractivity contribution is 6.01. The highest BCUT2D eigenvalue weighted by Gasteiger charge is 2.58. The Kier molecular flexibility index (Phi) is 4.48. The van der Waals surface area contributed by atoms with Crippen molar-refractivity contribution in [2.24, 2.45) is 11.3 Å². The number of methoxy groups -OCH3 is 2. The molecule has 128 valence electrons. The molecule has 2 aliphatic carbocycles. The van der Waals surface area contributed by atoms with E-state index >= 15 is 0 Å². The number of hydrogen-bond acceptors (Lipinski definition) is 4. The third-order valence-corrected chi connectivity index (χ3v) is 5.68. The molecule has 24 heavy (non-hydrogen) atoms. The van der Waals surface area contributed by atoms with Crippen molar-refractivity contribution < 1.29 is 19.1 Å². The molecule has 0 aliphatic heterocycles. The molecule has 1 unspecified atom stereocenters. The first kappa shape index (κ1) is 16.7. The van der Waals surface area contributed by atoms with Crippen LogP contribution in [0.1, 0.15) is 42.7 Å². The Morgan fingerprint density at radius 3 is 2.42 bits per heavy atom. The van der Waals surface area contributed by atoms with Gasteiger partial charge in [0.25, 0.3) is 0 Å². The maximum Gasteiger partial charge on any atom is 0.323 e. The second-order valence-electron chi connectivity index (χ2n) is 6.96. The van der Waals surface area contributed by atoms with E-state index in [1.165, 1.54) is 25.3 Å². The van der Waals surface area contributed by atoms with Crippen LogP contribution in [0.3, 0.4) is 0 Å². The van der Waals surface area contributed by atoms with Crippen molar-refractivity contribution in [3.05, 3.63) is 47.5 Å². The van der Waals surface area contributed by atoms with Crippen LogP contribution in [-0.4, -0.2) is 26.2 Å². The lowest BCUT2D eigenvalue weighted by molar-refractivity contribution is -0.172. The zero-order chi connectivity index (χ0) is 17.3. The summed E-state index contributed by atoms with van der Waals surface area (Å²) >= 11 is 0. The van der Waals surface area contributed by atoms with Crippen molar-refractivity contribution in [1.82, 2.24) is 0 Å². The van der Waals surface area contributed by atoms with E-state index < -0.39 is 17.4 Å². The molecule has 0 bridgehead atoms. The van der Waals surface area contributed by atoms with E-state index in [1.54, 1.807) is 0 Å². The summed E-state index contributed by atoms with van der Waals surface area (Å²) in [5.74, 6) is -0.570. The van der Waals surface area contributed by atoms with Crippen LogP contribution >= 0.6 is 0 Å². The average molecular weight is 328 g/mol. The lowest BCUT2D eigenvalue weighted by Gasteiger charge is -2.34. The minimum Gasteiger partial charge on any atom is -0.468 e. The fourth-order valence-corrected chi connectivity index (χ4v) is 4.43. The number of carbonyl (C=O) groups excluding carboxylic acids is 2. The van der Waals surface area contributed by atoms with Gasteiger partial charge in [-0.15, -0.1) is 0 Å². The van der Waals surface area contributed by atoms with Crippen molar-refractivity contribution >= 4 is 11.9 Å². The lowest BCUT2D eigenvalue weighted by atomic mass is 9.70. The maximum atomic E-state index is 12.5. The number of esters is 2. The second kappa shape index (κ2) is 6.42. The number of rotatable bonds is 5. The van der Waals surface area contributed by atoms with Gasteiger partial charge in [-0.1, -0.05) is 36.4 Å². The molecule has 4 nitrogen and oxygen atoms in total. The zero-order valence-electron chi connectivity index (χ0n) is 14.3. The fourth-order valence-electron chi connectivity index (χ4n) is 4.43. The molecule has 2 atom stereocenters. The first-order valence-electron chi connectivity index (χ1n) is 8.44. The van der Waals surface area contributed by atoms with Gasteiger partial charge in [-0.05, 0) is 55.1 Å². The van der Waals surface area contributed by atoms with Crippen molar-refractivity contribution in [2.75, 3.05) is 14.2 Å². The Labute approximate surface area is 142 Å². The van der Waals surface area contributed by atoms with Gasteiger partial charge < -0.3 is 9.47 Å². The predicted octanol–water partition coefficient (Wildman–Crippen LogP) is 3.41. The first-order valence-corrected chi connectivity index (χ1v) is 8.44. The predicted molar refractivity (Wildman–Crippen MR) is 90.5 cm³/mol. The van der Waals surface area contributed by atoms with E-state index in [4.69, 9.17) is 9.47 Å². The van der Waals surface area contributed by atoms with Gasteiger partial charge in [-0.25, -0.2) is 0 Å². The molecular formula is C20H24O4. The molecule has 1 saturated carbocycles. The molecule has 2 aliphatic rings. The smallest absolute Gasteiger partial charge is 0.323 e. The normalized spacial score (nSPS) is 24.0. The highest BCUT2D eigenvalue weighted by atomic mass is 16.5. The van der Waals surface area contributed by atoms with E-state index in [2.05, 4.69) is 30.8 Å². The third kappa shape index (κ3) is 2.54. The van der Waals surface area contributed by atoms with Gasteiger partial charge in [0.05, 0.1) is 14.2 Å². The number of benzene rings is 1. The van der Waals surface area contributed by atoms with Crippen LogP contribution in [0.2, 0.25) is 0 Å². The van der Waals surface area contributed by atoms with E-state index in [0.29, 0.717) is 18.8 Å². The number of hydrogen-bond donors (Lipinski definition) is 0. The fraction of sp³-hybridized carbons (Fsp3) is 0.500. The number of ether oxygens (including phenoxy) is 2. The molecule has 1 aromatic carbocycles.